The summed E-state index contributed by atoms with van der Waals surface area (Å²) in [6, 6.07) is 3.94. The van der Waals surface area contributed by atoms with Crippen LogP contribution in [0.3, 0.4) is 0 Å². The standard InChI is InChI=1S/C10H9ClN2O4/c1-2-6-17-12-10(14)7-4-3-5-8(9(7)11)13(15)16/h2-5H,1,6H2,(H,12,14). The molecule has 90 valence electrons. The monoisotopic (exact) mass is 256 g/mol. The number of nitro benzene ring substituents is 1. The quantitative estimate of drug-likeness (QED) is 0.378. The summed E-state index contributed by atoms with van der Waals surface area (Å²) in [7, 11) is 0. The SMILES string of the molecule is C=CCONC(=O)c1cccc([N+](=O)[O-])c1Cl. The number of nitrogens with zero attached hydrogens (tertiary/aromatic N) is 1. The second-order valence-electron chi connectivity index (χ2n) is 2.93. The topological polar surface area (TPSA) is 81.5 Å². The van der Waals surface area contributed by atoms with Crippen LogP contribution < -0.4 is 5.48 Å². The molecular formula is C10H9ClN2O4. The van der Waals surface area contributed by atoms with Gasteiger partial charge in [0.05, 0.1) is 17.1 Å². The normalized spacial score (nSPS) is 9.71. The van der Waals surface area contributed by atoms with Crippen LogP contribution in [0.4, 0.5) is 5.69 Å². The lowest BCUT2D eigenvalue weighted by molar-refractivity contribution is -0.384. The smallest absolute Gasteiger partial charge is 0.269 e. The van der Waals surface area contributed by atoms with E-state index < -0.39 is 10.8 Å². The van der Waals surface area contributed by atoms with Crippen LogP contribution in [0.2, 0.25) is 5.02 Å². The van der Waals surface area contributed by atoms with Gasteiger partial charge in [-0.15, -0.1) is 6.58 Å². The predicted molar refractivity (Wildman–Crippen MR) is 61.7 cm³/mol. The number of hydroxylamine groups is 1. The number of nitrogens with one attached hydrogen (secondary N) is 1. The van der Waals surface area contributed by atoms with E-state index in [9.17, 15) is 14.9 Å². The van der Waals surface area contributed by atoms with Crippen LogP contribution in [0.1, 0.15) is 10.4 Å². The summed E-state index contributed by atoms with van der Waals surface area (Å²) in [5.74, 6) is -0.652. The van der Waals surface area contributed by atoms with E-state index in [1.165, 1.54) is 24.3 Å². The van der Waals surface area contributed by atoms with Crippen LogP contribution in [0.25, 0.3) is 0 Å². The van der Waals surface area contributed by atoms with E-state index in [0.717, 1.165) is 0 Å². The fourth-order valence-electron chi connectivity index (χ4n) is 1.06. The Morgan fingerprint density at radius 1 is 1.65 bits per heavy atom. The fraction of sp³-hybridized carbons (Fsp3) is 0.100. The Kier molecular flexibility index (Phi) is 4.62. The molecule has 0 aliphatic heterocycles. The number of nitro groups is 1. The number of hydrogen-bond acceptors (Lipinski definition) is 4. The first-order chi connectivity index (χ1) is 8.07. The van der Waals surface area contributed by atoms with E-state index in [-0.39, 0.29) is 22.9 Å². The van der Waals surface area contributed by atoms with Gasteiger partial charge >= 0.3 is 0 Å². The maximum absolute atomic E-state index is 11.5. The Labute approximate surface area is 102 Å². The fourth-order valence-corrected chi connectivity index (χ4v) is 1.34. The van der Waals surface area contributed by atoms with E-state index in [4.69, 9.17) is 16.4 Å². The molecular weight excluding hydrogens is 248 g/mol. The number of rotatable bonds is 5. The second-order valence-corrected chi connectivity index (χ2v) is 3.30. The summed E-state index contributed by atoms with van der Waals surface area (Å²) in [6.45, 7) is 3.52. The van der Waals surface area contributed by atoms with Gasteiger partial charge in [-0.3, -0.25) is 19.7 Å². The molecule has 1 rings (SSSR count). The van der Waals surface area contributed by atoms with Crippen LogP contribution >= 0.6 is 11.6 Å². The minimum Gasteiger partial charge on any atom is -0.269 e. The van der Waals surface area contributed by atoms with E-state index in [1.54, 1.807) is 0 Å². The van der Waals surface area contributed by atoms with Gasteiger partial charge < -0.3 is 0 Å². The highest BCUT2D eigenvalue weighted by Crippen LogP contribution is 2.27. The number of hydrogen-bond donors (Lipinski definition) is 1. The molecule has 1 N–H and O–H groups in total. The lowest BCUT2D eigenvalue weighted by Gasteiger charge is -2.05. The summed E-state index contributed by atoms with van der Waals surface area (Å²) < 4.78 is 0. The molecule has 0 bridgehead atoms. The molecule has 0 radical (unpaired) electrons. The molecule has 7 heteroatoms. The van der Waals surface area contributed by atoms with Crippen LogP contribution in [0, 0.1) is 10.1 Å². The van der Waals surface area contributed by atoms with Gasteiger partial charge in [0.2, 0.25) is 0 Å². The zero-order valence-electron chi connectivity index (χ0n) is 8.68. The minimum atomic E-state index is -0.663. The Balaban J connectivity index is 2.90. The van der Waals surface area contributed by atoms with E-state index >= 15 is 0 Å². The molecule has 0 unspecified atom stereocenters. The first-order valence-corrected chi connectivity index (χ1v) is 4.91. The zero-order valence-corrected chi connectivity index (χ0v) is 9.44. The van der Waals surface area contributed by atoms with E-state index in [0.29, 0.717) is 0 Å². The molecule has 1 amide bonds. The average Bonchev–Trinajstić information content (AvgIpc) is 2.29. The molecule has 0 atom stereocenters. The van der Waals surface area contributed by atoms with Crippen molar-refractivity contribution in [3.8, 4) is 0 Å². The molecule has 0 aliphatic rings. The highest BCUT2D eigenvalue weighted by Gasteiger charge is 2.19. The van der Waals surface area contributed by atoms with Crippen molar-refractivity contribution in [3.05, 3.63) is 51.6 Å². The van der Waals surface area contributed by atoms with E-state index in [2.05, 4.69) is 12.1 Å². The van der Waals surface area contributed by atoms with Crippen LogP contribution in [0.15, 0.2) is 30.9 Å². The molecule has 0 saturated heterocycles. The molecule has 1 aromatic carbocycles. The molecule has 0 aliphatic carbocycles. The van der Waals surface area contributed by atoms with E-state index in [1.807, 2.05) is 0 Å². The number of amides is 1. The Morgan fingerprint density at radius 2 is 2.35 bits per heavy atom. The number of halogens is 1. The van der Waals surface area contributed by atoms with Crippen molar-refractivity contribution in [1.29, 1.82) is 0 Å². The molecule has 0 spiro atoms. The zero-order chi connectivity index (χ0) is 12.8. The summed E-state index contributed by atoms with van der Waals surface area (Å²) in [6.07, 6.45) is 1.44. The van der Waals surface area contributed by atoms with Crippen molar-refractivity contribution in [1.82, 2.24) is 5.48 Å². The van der Waals surface area contributed by atoms with Gasteiger partial charge in [0.15, 0.2) is 0 Å². The molecule has 17 heavy (non-hydrogen) atoms. The molecule has 0 heterocycles. The highest BCUT2D eigenvalue weighted by atomic mass is 35.5. The second kappa shape index (κ2) is 5.97. The molecule has 1 aromatic rings. The predicted octanol–water partition coefficient (Wildman–Crippen LogP) is 2.10. The number of carbonyl (C=O) groups excluding carboxylic acids is 1. The van der Waals surface area contributed by atoms with Crippen LogP contribution in [0.5, 0.6) is 0 Å². The molecule has 6 nitrogen and oxygen atoms in total. The van der Waals surface area contributed by atoms with Crippen molar-refractivity contribution < 1.29 is 14.6 Å². The third-order valence-corrected chi connectivity index (χ3v) is 2.18. The van der Waals surface area contributed by atoms with Gasteiger partial charge in [0.25, 0.3) is 11.6 Å². The number of carbonyl (C=O) groups is 1. The molecule has 0 aromatic heterocycles. The van der Waals surface area contributed by atoms with Gasteiger partial charge in [-0.25, -0.2) is 5.48 Å². The minimum absolute atomic E-state index is 0.0232. The van der Waals surface area contributed by atoms with Crippen LogP contribution in [-0.2, 0) is 4.84 Å². The first kappa shape index (κ1) is 13.1. The summed E-state index contributed by atoms with van der Waals surface area (Å²) in [4.78, 5) is 26.2. The third-order valence-electron chi connectivity index (χ3n) is 1.79. The maximum atomic E-state index is 11.5. The van der Waals surface area contributed by atoms with Gasteiger partial charge in [0.1, 0.15) is 5.02 Å². The average molecular weight is 257 g/mol. The Hall–Kier alpha value is -1.92. The number of benzene rings is 1. The van der Waals surface area contributed by atoms with Crippen molar-refractivity contribution in [2.75, 3.05) is 6.61 Å². The first-order valence-electron chi connectivity index (χ1n) is 4.54. The van der Waals surface area contributed by atoms with Gasteiger partial charge in [-0.1, -0.05) is 23.7 Å². The van der Waals surface area contributed by atoms with Crippen molar-refractivity contribution in [3.63, 3.8) is 0 Å². The molecule has 0 fully saturated rings. The summed E-state index contributed by atoms with van der Waals surface area (Å²) >= 11 is 5.73. The largest absolute Gasteiger partial charge is 0.288 e. The lowest BCUT2D eigenvalue weighted by Crippen LogP contribution is -2.24. The third kappa shape index (κ3) is 3.27. The van der Waals surface area contributed by atoms with Crippen molar-refractivity contribution >= 4 is 23.2 Å². The van der Waals surface area contributed by atoms with Gasteiger partial charge in [-0.2, -0.15) is 0 Å². The molecule has 0 saturated carbocycles. The maximum Gasteiger partial charge on any atom is 0.288 e. The Bertz CT molecular complexity index is 462. The lowest BCUT2D eigenvalue weighted by atomic mass is 10.2. The highest BCUT2D eigenvalue weighted by molar-refractivity contribution is 6.35. The van der Waals surface area contributed by atoms with Gasteiger partial charge in [0, 0.05) is 6.07 Å². The van der Waals surface area contributed by atoms with Crippen LogP contribution in [-0.4, -0.2) is 17.4 Å². The Morgan fingerprint density at radius 3 is 2.94 bits per heavy atom. The summed E-state index contributed by atoms with van der Waals surface area (Å²) in [5, 5.41) is 10.4. The summed E-state index contributed by atoms with van der Waals surface area (Å²) in [5.41, 5.74) is 1.74. The van der Waals surface area contributed by atoms with Crippen molar-refractivity contribution in [2.45, 2.75) is 0 Å². The van der Waals surface area contributed by atoms with Crippen molar-refractivity contribution in [2.24, 2.45) is 0 Å². The van der Waals surface area contributed by atoms with Gasteiger partial charge in [-0.05, 0) is 6.07 Å².